The van der Waals surface area contributed by atoms with Gasteiger partial charge < -0.3 is 15.4 Å². The summed E-state index contributed by atoms with van der Waals surface area (Å²) in [5.41, 5.74) is 1.50. The summed E-state index contributed by atoms with van der Waals surface area (Å²) in [6.45, 7) is 1.14. The number of nitro benzene ring substituents is 1. The molecule has 0 aromatic heterocycles. The Kier molecular flexibility index (Phi) is 5.13. The maximum absolute atomic E-state index is 12.3. The molecule has 1 aliphatic heterocycles. The molecule has 0 bridgehead atoms. The van der Waals surface area contributed by atoms with Crippen molar-refractivity contribution < 1.29 is 14.5 Å². The van der Waals surface area contributed by atoms with Crippen LogP contribution in [0.1, 0.15) is 5.56 Å². The van der Waals surface area contributed by atoms with E-state index >= 15 is 0 Å². The molecule has 2 N–H and O–H groups in total. The Labute approximate surface area is 145 Å². The summed E-state index contributed by atoms with van der Waals surface area (Å²) in [5.74, 6) is 0.546. The number of amides is 1. The van der Waals surface area contributed by atoms with Crippen molar-refractivity contribution in [3.8, 4) is 5.75 Å². The summed E-state index contributed by atoms with van der Waals surface area (Å²) in [6, 6.07) is 14.1. The molecule has 3 rings (SSSR count). The van der Waals surface area contributed by atoms with Crippen LogP contribution < -0.4 is 15.4 Å². The maximum Gasteiger partial charge on any atom is 0.292 e. The van der Waals surface area contributed by atoms with Gasteiger partial charge in [0.25, 0.3) is 5.69 Å². The van der Waals surface area contributed by atoms with Crippen molar-refractivity contribution in [2.75, 3.05) is 25.0 Å². The molecule has 25 heavy (non-hydrogen) atoms. The number of hydrogen-bond acceptors (Lipinski definition) is 5. The fourth-order valence-electron chi connectivity index (χ4n) is 2.81. The first-order chi connectivity index (χ1) is 12.1. The van der Waals surface area contributed by atoms with Gasteiger partial charge in [0.15, 0.2) is 0 Å². The van der Waals surface area contributed by atoms with Crippen molar-refractivity contribution in [2.24, 2.45) is 5.92 Å². The second kappa shape index (κ2) is 7.65. The molecule has 7 heteroatoms. The van der Waals surface area contributed by atoms with E-state index in [1.54, 1.807) is 18.2 Å². The predicted molar refractivity (Wildman–Crippen MR) is 93.7 cm³/mol. The lowest BCUT2D eigenvalue weighted by Gasteiger charge is -2.24. The second-order valence-electron chi connectivity index (χ2n) is 5.81. The van der Waals surface area contributed by atoms with Crippen molar-refractivity contribution >= 4 is 17.3 Å². The van der Waals surface area contributed by atoms with Crippen LogP contribution in [0.15, 0.2) is 48.5 Å². The Hall–Kier alpha value is -3.09. The van der Waals surface area contributed by atoms with Gasteiger partial charge in [-0.15, -0.1) is 0 Å². The van der Waals surface area contributed by atoms with Gasteiger partial charge in [-0.25, -0.2) is 0 Å². The van der Waals surface area contributed by atoms with E-state index in [9.17, 15) is 14.9 Å². The lowest BCUT2D eigenvalue weighted by Crippen LogP contribution is -2.39. The van der Waals surface area contributed by atoms with E-state index in [4.69, 9.17) is 4.74 Å². The van der Waals surface area contributed by atoms with Gasteiger partial charge in [0.05, 0.1) is 10.8 Å². The first kappa shape index (κ1) is 16.8. The zero-order chi connectivity index (χ0) is 17.6. The third-order valence-corrected chi connectivity index (χ3v) is 4.09. The van der Waals surface area contributed by atoms with Crippen molar-refractivity contribution in [3.63, 3.8) is 0 Å². The molecule has 1 unspecified atom stereocenters. The van der Waals surface area contributed by atoms with E-state index in [0.717, 1.165) is 11.3 Å². The van der Waals surface area contributed by atoms with Gasteiger partial charge in [-0.2, -0.15) is 0 Å². The van der Waals surface area contributed by atoms with E-state index in [1.165, 1.54) is 6.07 Å². The van der Waals surface area contributed by atoms with Gasteiger partial charge in [-0.3, -0.25) is 14.9 Å². The van der Waals surface area contributed by atoms with Crippen LogP contribution in [0.3, 0.4) is 0 Å². The van der Waals surface area contributed by atoms with E-state index in [-0.39, 0.29) is 17.5 Å². The van der Waals surface area contributed by atoms with Crippen molar-refractivity contribution in [1.29, 1.82) is 0 Å². The van der Waals surface area contributed by atoms with E-state index < -0.39 is 4.92 Å². The third kappa shape index (κ3) is 4.06. The molecule has 0 saturated carbocycles. The van der Waals surface area contributed by atoms with Gasteiger partial charge in [0.2, 0.25) is 5.91 Å². The largest absolute Gasteiger partial charge is 0.492 e. The number of ether oxygens (including phenoxy) is 1. The highest BCUT2D eigenvalue weighted by Crippen LogP contribution is 2.26. The second-order valence-corrected chi connectivity index (χ2v) is 5.81. The topological polar surface area (TPSA) is 93.5 Å². The minimum absolute atomic E-state index is 0.0196. The molecule has 0 saturated heterocycles. The molecule has 1 atom stereocenters. The van der Waals surface area contributed by atoms with Crippen molar-refractivity contribution in [2.45, 2.75) is 6.42 Å². The zero-order valence-corrected chi connectivity index (χ0v) is 13.6. The first-order valence-electron chi connectivity index (χ1n) is 8.11. The molecule has 1 aliphatic rings. The number of nitro groups is 1. The van der Waals surface area contributed by atoms with Crippen LogP contribution in [-0.4, -0.2) is 30.5 Å². The Bertz CT molecular complexity index is 778. The minimum atomic E-state index is -0.433. The minimum Gasteiger partial charge on any atom is -0.492 e. The number of para-hydroxylation sites is 3. The molecule has 0 spiro atoms. The van der Waals surface area contributed by atoms with Crippen LogP contribution >= 0.6 is 0 Å². The summed E-state index contributed by atoms with van der Waals surface area (Å²) >= 11 is 0. The number of benzene rings is 2. The smallest absolute Gasteiger partial charge is 0.292 e. The summed E-state index contributed by atoms with van der Waals surface area (Å²) in [7, 11) is 0. The number of carbonyl (C=O) groups excluding carboxylic acids is 1. The highest BCUT2D eigenvalue weighted by atomic mass is 16.6. The van der Waals surface area contributed by atoms with Gasteiger partial charge in [-0.1, -0.05) is 30.3 Å². The number of nitrogens with zero attached hydrogens (tertiary/aromatic N) is 1. The average molecular weight is 341 g/mol. The molecule has 0 fully saturated rings. The Morgan fingerprint density at radius 3 is 2.76 bits per heavy atom. The maximum atomic E-state index is 12.3. The molecule has 130 valence electrons. The molecule has 2 aromatic rings. The Morgan fingerprint density at radius 1 is 1.16 bits per heavy atom. The molecule has 2 aromatic carbocycles. The monoisotopic (exact) mass is 341 g/mol. The highest BCUT2D eigenvalue weighted by Gasteiger charge is 2.25. The molecule has 1 amide bonds. The molecule has 7 nitrogen and oxygen atoms in total. The van der Waals surface area contributed by atoms with Crippen molar-refractivity contribution in [1.82, 2.24) is 5.32 Å². The molecule has 0 radical (unpaired) electrons. The summed E-state index contributed by atoms with van der Waals surface area (Å²) < 4.78 is 5.62. The zero-order valence-electron chi connectivity index (χ0n) is 13.6. The van der Waals surface area contributed by atoms with Crippen molar-refractivity contribution in [3.05, 3.63) is 64.2 Å². The normalized spacial score (nSPS) is 15.6. The van der Waals surface area contributed by atoms with Gasteiger partial charge in [0, 0.05) is 19.2 Å². The standard InChI is InChI=1S/C18H19N3O4/c22-18(14-11-13-5-1-4-8-17(13)25-12-14)20-10-9-19-15-6-2-3-7-16(15)21(23)24/h1-8,14,19H,9-12H2,(H,20,22). The van der Waals surface area contributed by atoms with E-state index in [2.05, 4.69) is 10.6 Å². The lowest BCUT2D eigenvalue weighted by atomic mass is 9.96. The van der Waals surface area contributed by atoms with E-state index in [0.29, 0.717) is 31.8 Å². The van der Waals surface area contributed by atoms with Gasteiger partial charge >= 0.3 is 0 Å². The highest BCUT2D eigenvalue weighted by molar-refractivity contribution is 5.79. The van der Waals surface area contributed by atoms with E-state index in [1.807, 2.05) is 24.3 Å². The summed E-state index contributed by atoms with van der Waals surface area (Å²) in [4.78, 5) is 22.8. The van der Waals surface area contributed by atoms with Crippen LogP contribution in [0.5, 0.6) is 5.75 Å². The lowest BCUT2D eigenvalue weighted by molar-refractivity contribution is -0.384. The van der Waals surface area contributed by atoms with Crippen LogP contribution in [0.2, 0.25) is 0 Å². The molecule has 0 aliphatic carbocycles. The molecular weight excluding hydrogens is 322 g/mol. The average Bonchev–Trinajstić information content (AvgIpc) is 2.64. The number of fused-ring (bicyclic) bond motifs is 1. The molecular formula is C18H19N3O4. The number of rotatable bonds is 6. The number of carbonyl (C=O) groups is 1. The van der Waals surface area contributed by atoms with Gasteiger partial charge in [0.1, 0.15) is 18.0 Å². The Morgan fingerprint density at radius 2 is 1.92 bits per heavy atom. The van der Waals surface area contributed by atoms with Crippen LogP contribution in [0.4, 0.5) is 11.4 Å². The number of nitrogens with one attached hydrogen (secondary N) is 2. The van der Waals surface area contributed by atoms with Crippen LogP contribution in [0.25, 0.3) is 0 Å². The molecule has 1 heterocycles. The third-order valence-electron chi connectivity index (χ3n) is 4.09. The predicted octanol–water partition coefficient (Wildman–Crippen LogP) is 2.37. The fourth-order valence-corrected chi connectivity index (χ4v) is 2.81. The Balaban J connectivity index is 1.47. The van der Waals surface area contributed by atoms with Crippen LogP contribution in [0, 0.1) is 16.0 Å². The SMILES string of the molecule is O=C(NCCNc1ccccc1[N+](=O)[O-])C1COc2ccccc2C1. The van der Waals surface area contributed by atoms with Crippen LogP contribution in [-0.2, 0) is 11.2 Å². The number of hydrogen-bond donors (Lipinski definition) is 2. The first-order valence-corrected chi connectivity index (χ1v) is 8.11. The number of anilines is 1. The van der Waals surface area contributed by atoms with Gasteiger partial charge in [-0.05, 0) is 24.1 Å². The summed E-state index contributed by atoms with van der Waals surface area (Å²) in [5, 5.41) is 16.8. The quantitative estimate of drug-likeness (QED) is 0.478. The summed E-state index contributed by atoms with van der Waals surface area (Å²) in [6.07, 6.45) is 0.652. The fraction of sp³-hybridized carbons (Fsp3) is 0.278.